The Labute approximate surface area is 148 Å². The van der Waals surface area contributed by atoms with Crippen molar-refractivity contribution in [3.8, 4) is 5.69 Å². The fourth-order valence-electron chi connectivity index (χ4n) is 3.22. The fourth-order valence-corrected chi connectivity index (χ4v) is 3.22. The molecule has 4 heteroatoms. The molecule has 4 nitrogen and oxygen atoms in total. The predicted molar refractivity (Wildman–Crippen MR) is 101 cm³/mol. The summed E-state index contributed by atoms with van der Waals surface area (Å²) in [6.07, 6.45) is 1.02. The molecule has 2 aromatic carbocycles. The average Bonchev–Trinajstić information content (AvgIpc) is 2.85. The number of hydrogen-bond donors (Lipinski definition) is 1. The molecule has 0 aliphatic carbocycles. The van der Waals surface area contributed by atoms with Gasteiger partial charge >= 0.3 is 0 Å². The van der Waals surface area contributed by atoms with E-state index in [0.717, 1.165) is 36.5 Å². The molecule has 3 aromatic rings. The summed E-state index contributed by atoms with van der Waals surface area (Å²) in [6.45, 7) is 3.77. The molecule has 0 saturated heterocycles. The Balaban J connectivity index is 1.78. The van der Waals surface area contributed by atoms with Gasteiger partial charge in [0.2, 0.25) is 0 Å². The largest absolute Gasteiger partial charge is 0.333 e. The first kappa shape index (κ1) is 17.2. The van der Waals surface area contributed by atoms with Crippen LogP contribution in [0.3, 0.4) is 0 Å². The van der Waals surface area contributed by atoms with Gasteiger partial charge in [0.1, 0.15) is 6.54 Å². The molecule has 3 rings (SSSR count). The lowest BCUT2D eigenvalue weighted by atomic mass is 10.1. The summed E-state index contributed by atoms with van der Waals surface area (Å²) in [4.78, 5) is 14.3. The second kappa shape index (κ2) is 7.53. The minimum atomic E-state index is 0.0882. The second-order valence-electron chi connectivity index (χ2n) is 6.66. The third kappa shape index (κ3) is 3.74. The number of nitrogens with one attached hydrogen (secondary N) is 1. The molecule has 1 atom stereocenters. The van der Waals surface area contributed by atoms with Gasteiger partial charge in [0.25, 0.3) is 5.56 Å². The summed E-state index contributed by atoms with van der Waals surface area (Å²) >= 11 is 0. The van der Waals surface area contributed by atoms with Crippen LogP contribution in [0.25, 0.3) is 5.69 Å². The number of likely N-dealkylation sites (N-methyl/N-ethyl adjacent to an activating group) is 1. The quantitative estimate of drug-likeness (QED) is 0.730. The van der Waals surface area contributed by atoms with E-state index in [4.69, 9.17) is 0 Å². The maximum atomic E-state index is 12.9. The lowest BCUT2D eigenvalue weighted by molar-refractivity contribution is -0.893. The average molecular weight is 336 g/mol. The highest BCUT2D eigenvalue weighted by Gasteiger charge is 2.19. The summed E-state index contributed by atoms with van der Waals surface area (Å²) in [5, 5.41) is 0. The molecule has 1 unspecified atom stereocenters. The first-order valence-electron chi connectivity index (χ1n) is 8.76. The molecular weight excluding hydrogens is 310 g/mol. The first-order chi connectivity index (χ1) is 12.1. The maximum absolute atomic E-state index is 12.9. The summed E-state index contributed by atoms with van der Waals surface area (Å²) in [7, 11) is 4.11. The highest BCUT2D eigenvalue weighted by molar-refractivity contribution is 5.33. The summed E-state index contributed by atoms with van der Waals surface area (Å²) in [5.41, 5.74) is 4.27. The van der Waals surface area contributed by atoms with Gasteiger partial charge in [-0.05, 0) is 24.6 Å². The Hall–Kier alpha value is -2.59. The van der Waals surface area contributed by atoms with Crippen molar-refractivity contribution in [3.63, 3.8) is 0 Å². The lowest BCUT2D eigenvalue weighted by Gasteiger charge is -2.13. The van der Waals surface area contributed by atoms with Gasteiger partial charge in [-0.3, -0.25) is 9.48 Å². The third-order valence-corrected chi connectivity index (χ3v) is 4.84. The normalized spacial score (nSPS) is 12.3. The molecule has 1 N–H and O–H groups in total. The molecular formula is C21H26N3O+. The van der Waals surface area contributed by atoms with Crippen LogP contribution in [-0.4, -0.2) is 23.0 Å². The molecule has 0 aliphatic heterocycles. The molecule has 0 saturated carbocycles. The highest BCUT2D eigenvalue weighted by Crippen LogP contribution is 2.09. The zero-order valence-electron chi connectivity index (χ0n) is 15.2. The van der Waals surface area contributed by atoms with E-state index >= 15 is 0 Å². The van der Waals surface area contributed by atoms with Crippen LogP contribution < -0.4 is 10.5 Å². The van der Waals surface area contributed by atoms with Crippen LogP contribution in [0.4, 0.5) is 0 Å². The van der Waals surface area contributed by atoms with Gasteiger partial charge in [0.15, 0.2) is 0 Å². The molecule has 0 aliphatic rings. The number of aromatic nitrogens is 2. The van der Waals surface area contributed by atoms with Gasteiger partial charge in [0.05, 0.1) is 24.8 Å². The Kier molecular flexibility index (Phi) is 5.19. The number of para-hydroxylation sites is 1. The Bertz CT molecular complexity index is 879. The van der Waals surface area contributed by atoms with E-state index < -0.39 is 0 Å². The second-order valence-corrected chi connectivity index (χ2v) is 6.66. The standard InChI is InChI=1S/C21H25N3O/c1-17-20(16-22(2)15-14-18-10-6-4-7-11-18)21(25)24(23(17)3)19-12-8-5-9-13-19/h4-13H,14-16H2,1-3H3/p+1. The summed E-state index contributed by atoms with van der Waals surface area (Å²) in [5.74, 6) is 0. The van der Waals surface area contributed by atoms with Crippen molar-refractivity contribution in [2.24, 2.45) is 7.05 Å². The van der Waals surface area contributed by atoms with Gasteiger partial charge in [-0.25, -0.2) is 4.68 Å². The van der Waals surface area contributed by atoms with Crippen LogP contribution in [0.5, 0.6) is 0 Å². The number of rotatable bonds is 6. The Morgan fingerprint density at radius 2 is 1.56 bits per heavy atom. The van der Waals surface area contributed by atoms with Crippen LogP contribution in [-0.2, 0) is 20.0 Å². The molecule has 130 valence electrons. The van der Waals surface area contributed by atoms with Crippen molar-refractivity contribution in [1.82, 2.24) is 9.36 Å². The van der Waals surface area contributed by atoms with Crippen molar-refractivity contribution < 1.29 is 4.90 Å². The number of quaternary nitrogens is 1. The van der Waals surface area contributed by atoms with E-state index in [9.17, 15) is 4.79 Å². The third-order valence-electron chi connectivity index (χ3n) is 4.84. The smallest absolute Gasteiger partial charge is 0.280 e. The van der Waals surface area contributed by atoms with Gasteiger partial charge in [-0.1, -0.05) is 48.5 Å². The fraction of sp³-hybridized carbons (Fsp3) is 0.286. The highest BCUT2D eigenvalue weighted by atomic mass is 16.1. The molecule has 25 heavy (non-hydrogen) atoms. The van der Waals surface area contributed by atoms with Crippen LogP contribution in [0.1, 0.15) is 16.8 Å². The first-order valence-corrected chi connectivity index (χ1v) is 8.76. The molecule has 1 heterocycles. The van der Waals surface area contributed by atoms with Crippen molar-refractivity contribution in [2.75, 3.05) is 13.6 Å². The molecule has 0 fully saturated rings. The maximum Gasteiger partial charge on any atom is 0.280 e. The zero-order chi connectivity index (χ0) is 17.8. The lowest BCUT2D eigenvalue weighted by Crippen LogP contribution is -3.08. The van der Waals surface area contributed by atoms with E-state index in [1.165, 1.54) is 10.5 Å². The van der Waals surface area contributed by atoms with Crippen molar-refractivity contribution in [1.29, 1.82) is 0 Å². The summed E-state index contributed by atoms with van der Waals surface area (Å²) in [6, 6.07) is 20.3. The number of hydrogen-bond acceptors (Lipinski definition) is 1. The van der Waals surface area contributed by atoms with Crippen molar-refractivity contribution >= 4 is 0 Å². The van der Waals surface area contributed by atoms with Gasteiger partial charge in [-0.2, -0.15) is 0 Å². The van der Waals surface area contributed by atoms with E-state index in [1.807, 2.05) is 55.1 Å². The van der Waals surface area contributed by atoms with Crippen LogP contribution in [0.2, 0.25) is 0 Å². The number of nitrogens with zero attached hydrogens (tertiary/aromatic N) is 2. The van der Waals surface area contributed by atoms with Gasteiger partial charge in [-0.15, -0.1) is 0 Å². The summed E-state index contributed by atoms with van der Waals surface area (Å²) < 4.78 is 3.71. The minimum absolute atomic E-state index is 0.0882. The topological polar surface area (TPSA) is 31.4 Å². The van der Waals surface area contributed by atoms with E-state index in [0.29, 0.717) is 0 Å². The monoisotopic (exact) mass is 336 g/mol. The Morgan fingerprint density at radius 3 is 2.20 bits per heavy atom. The molecule has 0 radical (unpaired) electrons. The van der Waals surface area contributed by atoms with E-state index in [2.05, 4.69) is 31.3 Å². The van der Waals surface area contributed by atoms with Gasteiger partial charge in [0, 0.05) is 19.2 Å². The Morgan fingerprint density at radius 1 is 0.960 bits per heavy atom. The molecule has 0 bridgehead atoms. The predicted octanol–water partition coefficient (Wildman–Crippen LogP) is 1.74. The molecule has 0 amide bonds. The van der Waals surface area contributed by atoms with Crippen molar-refractivity contribution in [3.05, 3.63) is 87.8 Å². The zero-order valence-corrected chi connectivity index (χ0v) is 15.2. The SMILES string of the molecule is Cc1c(C[NH+](C)CCc2ccccc2)c(=O)n(-c2ccccc2)n1C. The minimum Gasteiger partial charge on any atom is -0.333 e. The molecule has 0 spiro atoms. The van der Waals surface area contributed by atoms with Crippen molar-refractivity contribution in [2.45, 2.75) is 19.9 Å². The van der Waals surface area contributed by atoms with Gasteiger partial charge < -0.3 is 4.90 Å². The number of benzene rings is 2. The van der Waals surface area contributed by atoms with Crippen LogP contribution >= 0.6 is 0 Å². The van der Waals surface area contributed by atoms with Crippen LogP contribution in [0.15, 0.2) is 65.5 Å². The molecule has 1 aromatic heterocycles. The van der Waals surface area contributed by atoms with E-state index in [1.54, 1.807) is 4.68 Å². The van der Waals surface area contributed by atoms with Crippen LogP contribution in [0, 0.1) is 6.92 Å². The van der Waals surface area contributed by atoms with E-state index in [-0.39, 0.29) is 5.56 Å².